The molecule has 0 aliphatic rings. The third-order valence-corrected chi connectivity index (χ3v) is 4.12. The maximum atomic E-state index is 12.2. The van der Waals surface area contributed by atoms with Gasteiger partial charge in [0.05, 0.1) is 0 Å². The van der Waals surface area contributed by atoms with Gasteiger partial charge in [-0.05, 0) is 50.1 Å². The van der Waals surface area contributed by atoms with Gasteiger partial charge in [-0.25, -0.2) is 15.0 Å². The monoisotopic (exact) mass is 376 g/mol. The quantitative estimate of drug-likeness (QED) is 0.548. The fourth-order valence-corrected chi connectivity index (χ4v) is 2.75. The number of nitrogens with zero attached hydrogens (tertiary/aromatic N) is 3. The molecule has 0 atom stereocenters. The second-order valence-corrected chi connectivity index (χ2v) is 6.53. The van der Waals surface area contributed by atoms with Gasteiger partial charge in [0, 0.05) is 30.9 Å². The van der Waals surface area contributed by atoms with Gasteiger partial charge in [0.25, 0.3) is 5.91 Å². The van der Waals surface area contributed by atoms with Crippen LogP contribution in [0.2, 0.25) is 0 Å². The van der Waals surface area contributed by atoms with Crippen molar-refractivity contribution in [3.63, 3.8) is 0 Å². The fourth-order valence-electron chi connectivity index (χ4n) is 2.75. The molecule has 144 valence electrons. The van der Waals surface area contributed by atoms with Crippen LogP contribution in [0.15, 0.2) is 48.7 Å². The van der Waals surface area contributed by atoms with Gasteiger partial charge < -0.3 is 16.0 Å². The second-order valence-electron chi connectivity index (χ2n) is 6.53. The Kier molecular flexibility index (Phi) is 6.16. The number of aryl methyl sites for hydroxylation is 3. The molecule has 2 aromatic heterocycles. The highest BCUT2D eigenvalue weighted by atomic mass is 16.1. The summed E-state index contributed by atoms with van der Waals surface area (Å²) >= 11 is 0. The number of benzene rings is 1. The third-order valence-electron chi connectivity index (χ3n) is 4.12. The number of hydrogen-bond acceptors (Lipinski definition) is 6. The number of amides is 1. The zero-order valence-corrected chi connectivity index (χ0v) is 16.3. The van der Waals surface area contributed by atoms with Crippen LogP contribution in [0.1, 0.15) is 27.3 Å². The number of aromatic nitrogens is 3. The number of anilines is 3. The summed E-state index contributed by atoms with van der Waals surface area (Å²) in [5.41, 5.74) is 2.77. The summed E-state index contributed by atoms with van der Waals surface area (Å²) in [5, 5.41) is 9.32. The van der Waals surface area contributed by atoms with Crippen LogP contribution in [0, 0.1) is 20.8 Å². The molecule has 0 aliphatic carbocycles. The predicted octanol–water partition coefficient (Wildman–Crippen LogP) is 3.38. The molecule has 0 radical (unpaired) electrons. The first-order valence-electron chi connectivity index (χ1n) is 9.14. The average Bonchev–Trinajstić information content (AvgIpc) is 2.65. The minimum absolute atomic E-state index is 0.0772. The first-order chi connectivity index (χ1) is 13.5. The molecule has 0 spiro atoms. The highest BCUT2D eigenvalue weighted by molar-refractivity contribution is 5.95. The van der Waals surface area contributed by atoms with Crippen LogP contribution in [-0.4, -0.2) is 33.9 Å². The smallest absolute Gasteiger partial charge is 0.251 e. The number of pyridine rings is 1. The average molecular weight is 376 g/mol. The molecule has 3 aromatic rings. The lowest BCUT2D eigenvalue weighted by molar-refractivity contribution is 0.0954. The van der Waals surface area contributed by atoms with E-state index in [1.54, 1.807) is 6.20 Å². The lowest BCUT2D eigenvalue weighted by Crippen LogP contribution is -2.29. The van der Waals surface area contributed by atoms with Crippen molar-refractivity contribution in [2.24, 2.45) is 0 Å². The van der Waals surface area contributed by atoms with Crippen molar-refractivity contribution in [2.45, 2.75) is 20.8 Å². The number of rotatable bonds is 7. The Morgan fingerprint density at radius 1 is 0.929 bits per heavy atom. The summed E-state index contributed by atoms with van der Waals surface area (Å²) in [6.45, 7) is 6.80. The first kappa shape index (κ1) is 19.3. The topological polar surface area (TPSA) is 91.8 Å². The molecular weight excluding hydrogens is 352 g/mol. The summed E-state index contributed by atoms with van der Waals surface area (Å²) in [6, 6.07) is 13.2. The normalized spacial score (nSPS) is 10.4. The molecule has 7 nitrogen and oxygen atoms in total. The van der Waals surface area contributed by atoms with Crippen molar-refractivity contribution in [2.75, 3.05) is 23.7 Å². The summed E-state index contributed by atoms with van der Waals surface area (Å²) in [5.74, 6) is 2.65. The minimum atomic E-state index is -0.0772. The van der Waals surface area contributed by atoms with E-state index in [4.69, 9.17) is 0 Å². The summed E-state index contributed by atoms with van der Waals surface area (Å²) in [4.78, 5) is 25.3. The largest absolute Gasteiger partial charge is 0.368 e. The van der Waals surface area contributed by atoms with Gasteiger partial charge in [0.1, 0.15) is 23.3 Å². The number of hydrogen-bond donors (Lipinski definition) is 3. The molecule has 0 bridgehead atoms. The Bertz CT molecular complexity index is 973. The van der Waals surface area contributed by atoms with Crippen LogP contribution in [0.5, 0.6) is 0 Å². The zero-order chi connectivity index (χ0) is 19.9. The SMILES string of the molecule is Cc1ccnc(Nc2cc(NCCNC(=O)c3ccccc3C)nc(C)n2)c1. The van der Waals surface area contributed by atoms with E-state index in [1.165, 1.54) is 0 Å². The number of carbonyl (C=O) groups is 1. The van der Waals surface area contributed by atoms with E-state index in [1.807, 2.05) is 63.2 Å². The zero-order valence-electron chi connectivity index (χ0n) is 16.3. The van der Waals surface area contributed by atoms with E-state index in [0.29, 0.717) is 36.1 Å². The van der Waals surface area contributed by atoms with Gasteiger partial charge in [-0.3, -0.25) is 4.79 Å². The van der Waals surface area contributed by atoms with E-state index in [0.717, 1.165) is 16.9 Å². The fraction of sp³-hybridized carbons (Fsp3) is 0.238. The molecule has 2 heterocycles. The van der Waals surface area contributed by atoms with Crippen LogP contribution in [0.4, 0.5) is 17.5 Å². The molecule has 0 unspecified atom stereocenters. The molecule has 1 amide bonds. The maximum absolute atomic E-state index is 12.2. The number of nitrogens with one attached hydrogen (secondary N) is 3. The van der Waals surface area contributed by atoms with Crippen molar-refractivity contribution >= 4 is 23.4 Å². The van der Waals surface area contributed by atoms with Gasteiger partial charge in [-0.2, -0.15) is 0 Å². The Morgan fingerprint density at radius 2 is 1.71 bits per heavy atom. The van der Waals surface area contributed by atoms with Crippen molar-refractivity contribution in [3.8, 4) is 0 Å². The van der Waals surface area contributed by atoms with E-state index >= 15 is 0 Å². The summed E-state index contributed by atoms with van der Waals surface area (Å²) < 4.78 is 0. The molecule has 0 saturated heterocycles. The molecule has 7 heteroatoms. The predicted molar refractivity (Wildman–Crippen MR) is 111 cm³/mol. The van der Waals surface area contributed by atoms with E-state index in [9.17, 15) is 4.79 Å². The van der Waals surface area contributed by atoms with Gasteiger partial charge in [-0.15, -0.1) is 0 Å². The van der Waals surface area contributed by atoms with Crippen LogP contribution < -0.4 is 16.0 Å². The van der Waals surface area contributed by atoms with Crippen LogP contribution >= 0.6 is 0 Å². The Labute approximate surface area is 164 Å². The van der Waals surface area contributed by atoms with Crippen molar-refractivity contribution in [1.82, 2.24) is 20.3 Å². The lowest BCUT2D eigenvalue weighted by Gasteiger charge is -2.11. The molecular formula is C21H24N6O. The number of carbonyl (C=O) groups excluding carboxylic acids is 1. The van der Waals surface area contributed by atoms with Gasteiger partial charge in [0.15, 0.2) is 0 Å². The van der Waals surface area contributed by atoms with Crippen molar-refractivity contribution < 1.29 is 4.79 Å². The molecule has 3 rings (SSSR count). The third kappa shape index (κ3) is 5.26. The van der Waals surface area contributed by atoms with Crippen LogP contribution in [-0.2, 0) is 0 Å². The maximum Gasteiger partial charge on any atom is 0.251 e. The highest BCUT2D eigenvalue weighted by Gasteiger charge is 2.07. The summed E-state index contributed by atoms with van der Waals surface area (Å²) in [6.07, 6.45) is 1.75. The Morgan fingerprint density at radius 3 is 2.50 bits per heavy atom. The van der Waals surface area contributed by atoms with E-state index in [-0.39, 0.29) is 5.91 Å². The van der Waals surface area contributed by atoms with Gasteiger partial charge in [-0.1, -0.05) is 18.2 Å². The van der Waals surface area contributed by atoms with Gasteiger partial charge >= 0.3 is 0 Å². The van der Waals surface area contributed by atoms with Crippen LogP contribution in [0.25, 0.3) is 0 Å². The van der Waals surface area contributed by atoms with Crippen molar-refractivity contribution in [3.05, 3.63) is 71.2 Å². The molecule has 1 aromatic carbocycles. The Balaban J connectivity index is 1.55. The molecule has 3 N–H and O–H groups in total. The molecule has 28 heavy (non-hydrogen) atoms. The van der Waals surface area contributed by atoms with Gasteiger partial charge in [0.2, 0.25) is 0 Å². The lowest BCUT2D eigenvalue weighted by atomic mass is 10.1. The second kappa shape index (κ2) is 8.94. The van der Waals surface area contributed by atoms with Crippen LogP contribution in [0.3, 0.4) is 0 Å². The van der Waals surface area contributed by atoms with E-state index in [2.05, 4.69) is 30.9 Å². The summed E-state index contributed by atoms with van der Waals surface area (Å²) in [7, 11) is 0. The molecule has 0 fully saturated rings. The van der Waals surface area contributed by atoms with E-state index < -0.39 is 0 Å². The Hall–Kier alpha value is -3.48. The van der Waals surface area contributed by atoms with Crippen molar-refractivity contribution in [1.29, 1.82) is 0 Å². The molecule has 0 saturated carbocycles. The molecule has 0 aliphatic heterocycles. The first-order valence-corrected chi connectivity index (χ1v) is 9.14. The minimum Gasteiger partial charge on any atom is -0.368 e. The standard InChI is InChI=1S/C21H24N6O/c1-14-8-9-22-18(12-14)27-20-13-19(25-16(3)26-20)23-10-11-24-21(28)17-7-5-4-6-15(17)2/h4-9,12-13H,10-11H2,1-3H3,(H,24,28)(H2,22,23,25,26,27). The highest BCUT2D eigenvalue weighted by Crippen LogP contribution is 2.16.